The average Bonchev–Trinajstić information content (AvgIpc) is 2.69. The molecule has 1 heteroatoms. The molecule has 0 spiro atoms. The molecule has 0 aromatic heterocycles. The minimum absolute atomic E-state index is 0.571. The molecule has 0 bridgehead atoms. The van der Waals surface area contributed by atoms with Crippen molar-refractivity contribution in [1.82, 2.24) is 0 Å². The van der Waals surface area contributed by atoms with Crippen LogP contribution in [0.3, 0.4) is 0 Å². The topological polar surface area (TPSA) is 26.0 Å². The maximum atomic E-state index is 5.62. The van der Waals surface area contributed by atoms with E-state index >= 15 is 0 Å². The zero-order chi connectivity index (χ0) is 6.97. The van der Waals surface area contributed by atoms with Crippen molar-refractivity contribution < 1.29 is 0 Å². The van der Waals surface area contributed by atoms with E-state index in [0.717, 1.165) is 12.5 Å². The van der Waals surface area contributed by atoms with Crippen LogP contribution in [0.5, 0.6) is 0 Å². The molecule has 0 heterocycles. The molecule has 1 atom stereocenters. The van der Waals surface area contributed by atoms with Crippen molar-refractivity contribution in [2.75, 3.05) is 0 Å². The predicted molar refractivity (Wildman–Crippen MR) is 41.2 cm³/mol. The first-order valence-electron chi connectivity index (χ1n) is 3.54. The van der Waals surface area contributed by atoms with E-state index in [1.807, 2.05) is 6.07 Å². The van der Waals surface area contributed by atoms with Crippen LogP contribution in [0, 0.1) is 6.04 Å². The quantitative estimate of drug-likeness (QED) is 0.618. The molecule has 1 aliphatic rings. The Morgan fingerprint density at radius 2 is 1.80 bits per heavy atom. The lowest BCUT2D eigenvalue weighted by Crippen LogP contribution is -1.90. The highest BCUT2D eigenvalue weighted by molar-refractivity contribution is 5.34. The van der Waals surface area contributed by atoms with Gasteiger partial charge in [-0.05, 0) is 12.0 Å². The predicted octanol–water partition coefficient (Wildman–Crippen LogP) is 1.66. The molecular formula is C9H10N. The van der Waals surface area contributed by atoms with Crippen molar-refractivity contribution in [3.05, 3.63) is 41.9 Å². The van der Waals surface area contributed by atoms with Crippen molar-refractivity contribution >= 4 is 0 Å². The number of rotatable bonds is 1. The normalized spacial score (nSPS) is 24.7. The van der Waals surface area contributed by atoms with Gasteiger partial charge in [-0.3, -0.25) is 0 Å². The van der Waals surface area contributed by atoms with Gasteiger partial charge in [-0.1, -0.05) is 30.3 Å². The van der Waals surface area contributed by atoms with E-state index in [0.29, 0.717) is 5.92 Å². The molecule has 1 saturated carbocycles. The molecule has 0 amide bonds. The second-order valence-electron chi connectivity index (χ2n) is 2.74. The van der Waals surface area contributed by atoms with Crippen LogP contribution < -0.4 is 5.73 Å². The van der Waals surface area contributed by atoms with Gasteiger partial charge in [0.25, 0.3) is 0 Å². The fourth-order valence-electron chi connectivity index (χ4n) is 1.19. The molecule has 2 N–H and O–H groups in total. The average molecular weight is 132 g/mol. The van der Waals surface area contributed by atoms with Crippen molar-refractivity contribution in [3.8, 4) is 0 Å². The van der Waals surface area contributed by atoms with Gasteiger partial charge in [0, 0.05) is 12.0 Å². The standard InChI is InChI=1S/C9H10N/c10-9-6-8(9)7-4-2-1-3-5-7/h1-5,8H,6,10H2/t8-/m1/s1. The Hall–Kier alpha value is -0.820. The Balaban J connectivity index is 2.20. The van der Waals surface area contributed by atoms with Crippen molar-refractivity contribution in [2.24, 2.45) is 5.73 Å². The summed E-state index contributed by atoms with van der Waals surface area (Å²) < 4.78 is 0. The fraction of sp³-hybridized carbons (Fsp3) is 0.222. The van der Waals surface area contributed by atoms with Crippen LogP contribution in [-0.2, 0) is 0 Å². The molecule has 0 saturated heterocycles. The summed E-state index contributed by atoms with van der Waals surface area (Å²) in [5.41, 5.74) is 6.98. The molecule has 0 aliphatic heterocycles. The van der Waals surface area contributed by atoms with Gasteiger partial charge in [0.1, 0.15) is 0 Å². The van der Waals surface area contributed by atoms with Gasteiger partial charge in [0.15, 0.2) is 0 Å². The molecule has 2 rings (SSSR count). The van der Waals surface area contributed by atoms with Crippen molar-refractivity contribution in [2.45, 2.75) is 12.3 Å². The van der Waals surface area contributed by atoms with E-state index < -0.39 is 0 Å². The first-order valence-corrected chi connectivity index (χ1v) is 3.54. The summed E-state index contributed by atoms with van der Waals surface area (Å²) in [7, 11) is 0. The summed E-state index contributed by atoms with van der Waals surface area (Å²) >= 11 is 0. The minimum Gasteiger partial charge on any atom is -0.323 e. The van der Waals surface area contributed by atoms with Crippen LogP contribution in [0.2, 0.25) is 0 Å². The molecule has 1 nitrogen and oxygen atoms in total. The summed E-state index contributed by atoms with van der Waals surface area (Å²) in [6, 6.07) is 11.5. The maximum Gasteiger partial charge on any atom is 0.0419 e. The summed E-state index contributed by atoms with van der Waals surface area (Å²) in [5.74, 6) is 0.571. The maximum absolute atomic E-state index is 5.62. The van der Waals surface area contributed by atoms with Gasteiger partial charge in [-0.25, -0.2) is 0 Å². The number of benzene rings is 1. The number of hydrogen-bond donors (Lipinski definition) is 1. The van der Waals surface area contributed by atoms with Gasteiger partial charge in [-0.2, -0.15) is 0 Å². The van der Waals surface area contributed by atoms with Gasteiger partial charge < -0.3 is 5.73 Å². The molecule has 10 heavy (non-hydrogen) atoms. The highest BCUT2D eigenvalue weighted by Crippen LogP contribution is 2.44. The van der Waals surface area contributed by atoms with E-state index in [9.17, 15) is 0 Å². The SMILES string of the molecule is N[C]1C[C@@H]1c1ccccc1. The van der Waals surface area contributed by atoms with Crippen LogP contribution >= 0.6 is 0 Å². The van der Waals surface area contributed by atoms with Gasteiger partial charge in [-0.15, -0.1) is 0 Å². The smallest absolute Gasteiger partial charge is 0.0419 e. The van der Waals surface area contributed by atoms with Crippen LogP contribution in [0.1, 0.15) is 17.9 Å². The molecule has 0 unspecified atom stereocenters. The summed E-state index contributed by atoms with van der Waals surface area (Å²) in [5, 5.41) is 0. The van der Waals surface area contributed by atoms with Crippen LogP contribution in [-0.4, -0.2) is 0 Å². The second kappa shape index (κ2) is 2.10. The third-order valence-electron chi connectivity index (χ3n) is 1.93. The molecule has 1 radical (unpaired) electrons. The van der Waals surface area contributed by atoms with E-state index in [-0.39, 0.29) is 0 Å². The number of nitrogens with two attached hydrogens (primary N) is 1. The van der Waals surface area contributed by atoms with Crippen molar-refractivity contribution in [3.63, 3.8) is 0 Å². The summed E-state index contributed by atoms with van der Waals surface area (Å²) in [4.78, 5) is 0. The first-order chi connectivity index (χ1) is 4.88. The Bertz CT molecular complexity index is 217. The van der Waals surface area contributed by atoms with E-state index in [1.165, 1.54) is 5.56 Å². The van der Waals surface area contributed by atoms with Gasteiger partial charge in [0.2, 0.25) is 0 Å². The van der Waals surface area contributed by atoms with E-state index in [2.05, 4.69) is 24.3 Å². The summed E-state index contributed by atoms with van der Waals surface area (Å²) in [6.07, 6.45) is 1.09. The molecule has 1 aliphatic carbocycles. The Morgan fingerprint density at radius 1 is 1.20 bits per heavy atom. The highest BCUT2D eigenvalue weighted by atomic mass is 14.7. The molecule has 51 valence electrons. The van der Waals surface area contributed by atoms with Crippen LogP contribution in [0.25, 0.3) is 0 Å². The Kier molecular flexibility index (Phi) is 1.24. The monoisotopic (exact) mass is 132 g/mol. The lowest BCUT2D eigenvalue weighted by Gasteiger charge is -1.94. The van der Waals surface area contributed by atoms with Crippen LogP contribution in [0.15, 0.2) is 30.3 Å². The largest absolute Gasteiger partial charge is 0.323 e. The Labute approximate surface area is 60.9 Å². The highest BCUT2D eigenvalue weighted by Gasteiger charge is 2.35. The van der Waals surface area contributed by atoms with E-state index in [1.54, 1.807) is 0 Å². The zero-order valence-electron chi connectivity index (χ0n) is 5.75. The molecule has 1 fully saturated rings. The molecule has 1 aromatic carbocycles. The van der Waals surface area contributed by atoms with Gasteiger partial charge in [0.05, 0.1) is 0 Å². The summed E-state index contributed by atoms with van der Waals surface area (Å²) in [6.45, 7) is 0. The van der Waals surface area contributed by atoms with Crippen LogP contribution in [0.4, 0.5) is 0 Å². The van der Waals surface area contributed by atoms with E-state index in [4.69, 9.17) is 5.73 Å². The lowest BCUT2D eigenvalue weighted by atomic mass is 10.1. The molecule has 1 aromatic rings. The third-order valence-corrected chi connectivity index (χ3v) is 1.93. The minimum atomic E-state index is 0.571. The third kappa shape index (κ3) is 0.929. The fourth-order valence-corrected chi connectivity index (χ4v) is 1.19. The lowest BCUT2D eigenvalue weighted by molar-refractivity contribution is 1.12. The molecular weight excluding hydrogens is 122 g/mol. The first kappa shape index (κ1) is 5.93. The Morgan fingerprint density at radius 3 is 2.30 bits per heavy atom. The number of hydrogen-bond acceptors (Lipinski definition) is 1. The zero-order valence-corrected chi connectivity index (χ0v) is 5.75. The van der Waals surface area contributed by atoms with Gasteiger partial charge >= 0.3 is 0 Å². The second-order valence-corrected chi connectivity index (χ2v) is 2.74. The van der Waals surface area contributed by atoms with Crippen molar-refractivity contribution in [1.29, 1.82) is 0 Å².